The molecule has 2 saturated heterocycles. The maximum absolute atomic E-state index is 5.90. The smallest absolute Gasteiger partial charge is 0.205 e. The number of rotatable bonds is 0. The predicted octanol–water partition coefficient (Wildman–Crippen LogP) is 2.00. The van der Waals surface area contributed by atoms with E-state index in [4.69, 9.17) is 14.2 Å². The Morgan fingerprint density at radius 3 is 2.57 bits per heavy atom. The van der Waals surface area contributed by atoms with Crippen LogP contribution in [0, 0.1) is 0 Å². The Bertz CT molecular complexity index is 285. The third-order valence-electron chi connectivity index (χ3n) is 2.68. The lowest BCUT2D eigenvalue weighted by Crippen LogP contribution is -2.49. The minimum Gasteiger partial charge on any atom is -0.463 e. The van der Waals surface area contributed by atoms with E-state index in [1.807, 2.05) is 13.8 Å². The Kier molecular flexibility index (Phi) is 1.98. The molecule has 0 radical (unpaired) electrons. The summed E-state index contributed by atoms with van der Waals surface area (Å²) >= 11 is 0. The van der Waals surface area contributed by atoms with Crippen molar-refractivity contribution in [2.24, 2.45) is 0 Å². The van der Waals surface area contributed by atoms with Crippen LogP contribution >= 0.6 is 0 Å². The molecule has 0 aromatic rings. The molecule has 0 saturated carbocycles. The van der Waals surface area contributed by atoms with E-state index in [0.717, 1.165) is 12.0 Å². The van der Waals surface area contributed by atoms with Gasteiger partial charge in [0.05, 0.1) is 6.61 Å². The van der Waals surface area contributed by atoms with E-state index in [1.165, 1.54) is 0 Å². The monoisotopic (exact) mass is 196 g/mol. The Labute approximate surface area is 84.3 Å². The van der Waals surface area contributed by atoms with Crippen molar-refractivity contribution in [3.63, 3.8) is 0 Å². The average molecular weight is 196 g/mol. The quantitative estimate of drug-likeness (QED) is 0.593. The highest BCUT2D eigenvalue weighted by Crippen LogP contribution is 2.43. The Morgan fingerprint density at radius 2 is 2.00 bits per heavy atom. The summed E-state index contributed by atoms with van der Waals surface area (Å²) in [6.07, 6.45) is 0.831. The molecule has 2 fully saturated rings. The van der Waals surface area contributed by atoms with E-state index in [9.17, 15) is 0 Å². The molecule has 2 aliphatic rings. The first-order valence-electron chi connectivity index (χ1n) is 4.81. The predicted molar refractivity (Wildman–Crippen MR) is 52.7 cm³/mol. The molecular weight excluding hydrogens is 180 g/mol. The first-order valence-corrected chi connectivity index (χ1v) is 4.81. The standard InChI is InChI=1S/C11H16O3/c1-8-9(2)13-10(3,4)14-11(8)5-6-12-7-11/h1-2,5-7H2,3-4H3. The van der Waals surface area contributed by atoms with Gasteiger partial charge in [-0.25, -0.2) is 0 Å². The van der Waals surface area contributed by atoms with Gasteiger partial charge in [0.15, 0.2) is 0 Å². The van der Waals surface area contributed by atoms with Gasteiger partial charge in [0.1, 0.15) is 11.4 Å². The molecule has 0 aromatic carbocycles. The molecule has 14 heavy (non-hydrogen) atoms. The highest BCUT2D eigenvalue weighted by atomic mass is 16.7. The van der Waals surface area contributed by atoms with Gasteiger partial charge in [0, 0.05) is 32.4 Å². The second kappa shape index (κ2) is 2.84. The van der Waals surface area contributed by atoms with Gasteiger partial charge in [0.2, 0.25) is 5.79 Å². The fourth-order valence-corrected chi connectivity index (χ4v) is 2.03. The first kappa shape index (κ1) is 9.74. The summed E-state index contributed by atoms with van der Waals surface area (Å²) in [5, 5.41) is 0. The van der Waals surface area contributed by atoms with Crippen molar-refractivity contribution in [2.75, 3.05) is 13.2 Å². The van der Waals surface area contributed by atoms with Gasteiger partial charge in [-0.15, -0.1) is 0 Å². The summed E-state index contributed by atoms with van der Waals surface area (Å²) in [4.78, 5) is 0. The van der Waals surface area contributed by atoms with Crippen LogP contribution in [0.5, 0.6) is 0 Å². The number of hydrogen-bond acceptors (Lipinski definition) is 3. The molecule has 0 aliphatic carbocycles. The molecule has 1 atom stereocenters. The molecule has 0 amide bonds. The Hall–Kier alpha value is -0.800. The van der Waals surface area contributed by atoms with Gasteiger partial charge in [-0.3, -0.25) is 0 Å². The van der Waals surface area contributed by atoms with Crippen LogP contribution in [-0.2, 0) is 14.2 Å². The van der Waals surface area contributed by atoms with Crippen molar-refractivity contribution >= 4 is 0 Å². The molecule has 2 heterocycles. The van der Waals surface area contributed by atoms with Gasteiger partial charge in [-0.2, -0.15) is 0 Å². The lowest BCUT2D eigenvalue weighted by molar-refractivity contribution is -0.263. The van der Waals surface area contributed by atoms with Crippen molar-refractivity contribution in [3.05, 3.63) is 24.5 Å². The summed E-state index contributed by atoms with van der Waals surface area (Å²) in [6.45, 7) is 12.8. The molecular formula is C11H16O3. The van der Waals surface area contributed by atoms with Gasteiger partial charge >= 0.3 is 0 Å². The van der Waals surface area contributed by atoms with Crippen molar-refractivity contribution < 1.29 is 14.2 Å². The zero-order valence-electron chi connectivity index (χ0n) is 8.76. The van der Waals surface area contributed by atoms with E-state index in [-0.39, 0.29) is 0 Å². The minimum atomic E-state index is -0.633. The lowest BCUT2D eigenvalue weighted by Gasteiger charge is -2.44. The van der Waals surface area contributed by atoms with Crippen LogP contribution < -0.4 is 0 Å². The molecule has 78 valence electrons. The van der Waals surface area contributed by atoms with Crippen LogP contribution in [-0.4, -0.2) is 24.6 Å². The van der Waals surface area contributed by atoms with Gasteiger partial charge in [-0.05, 0) is 0 Å². The highest BCUT2D eigenvalue weighted by Gasteiger charge is 2.49. The van der Waals surface area contributed by atoms with E-state index >= 15 is 0 Å². The van der Waals surface area contributed by atoms with Crippen LogP contribution in [0.3, 0.4) is 0 Å². The molecule has 2 aliphatic heterocycles. The summed E-state index contributed by atoms with van der Waals surface area (Å²) in [7, 11) is 0. The molecule has 0 aromatic heterocycles. The third-order valence-corrected chi connectivity index (χ3v) is 2.68. The van der Waals surface area contributed by atoms with Crippen LogP contribution in [0.2, 0.25) is 0 Å². The van der Waals surface area contributed by atoms with Gasteiger partial charge in [-0.1, -0.05) is 13.2 Å². The molecule has 0 bridgehead atoms. The first-order chi connectivity index (χ1) is 6.45. The summed E-state index contributed by atoms with van der Waals surface area (Å²) in [5.41, 5.74) is 0.410. The maximum Gasteiger partial charge on any atom is 0.205 e. The van der Waals surface area contributed by atoms with E-state index in [0.29, 0.717) is 19.0 Å². The van der Waals surface area contributed by atoms with Crippen molar-refractivity contribution in [1.29, 1.82) is 0 Å². The van der Waals surface area contributed by atoms with E-state index < -0.39 is 11.4 Å². The topological polar surface area (TPSA) is 27.7 Å². The third kappa shape index (κ3) is 1.37. The summed E-state index contributed by atoms with van der Waals surface area (Å²) < 4.78 is 16.8. The highest BCUT2D eigenvalue weighted by molar-refractivity contribution is 5.33. The van der Waals surface area contributed by atoms with Crippen LogP contribution in [0.25, 0.3) is 0 Å². The van der Waals surface area contributed by atoms with Crippen LogP contribution in [0.15, 0.2) is 24.5 Å². The summed E-state index contributed by atoms with van der Waals surface area (Å²) in [6, 6.07) is 0. The lowest BCUT2D eigenvalue weighted by atomic mass is 9.90. The molecule has 0 N–H and O–H groups in total. The Balaban J connectivity index is 2.31. The molecule has 3 nitrogen and oxygen atoms in total. The largest absolute Gasteiger partial charge is 0.463 e. The van der Waals surface area contributed by atoms with Crippen LogP contribution in [0.1, 0.15) is 20.3 Å². The average Bonchev–Trinajstić information content (AvgIpc) is 2.48. The Morgan fingerprint density at radius 1 is 1.29 bits per heavy atom. The van der Waals surface area contributed by atoms with Gasteiger partial charge < -0.3 is 14.2 Å². The molecule has 2 rings (SSSR count). The second-order valence-electron chi connectivity index (χ2n) is 4.30. The molecule has 3 heteroatoms. The maximum atomic E-state index is 5.90. The number of hydrogen-bond donors (Lipinski definition) is 0. The van der Waals surface area contributed by atoms with Crippen molar-refractivity contribution in [2.45, 2.75) is 31.7 Å². The van der Waals surface area contributed by atoms with E-state index in [1.54, 1.807) is 0 Å². The normalized spacial score (nSPS) is 36.1. The fourth-order valence-electron chi connectivity index (χ4n) is 2.03. The zero-order chi connectivity index (χ0) is 10.4. The van der Waals surface area contributed by atoms with Crippen molar-refractivity contribution in [3.8, 4) is 0 Å². The van der Waals surface area contributed by atoms with E-state index in [2.05, 4.69) is 13.2 Å². The molecule has 1 unspecified atom stereocenters. The van der Waals surface area contributed by atoms with Crippen LogP contribution in [0.4, 0.5) is 0 Å². The fraction of sp³-hybridized carbons (Fsp3) is 0.636. The van der Waals surface area contributed by atoms with Crippen molar-refractivity contribution in [1.82, 2.24) is 0 Å². The SMILES string of the molecule is C=C1OC(C)(C)OC2(CCOC2)C1=C. The van der Waals surface area contributed by atoms with Gasteiger partial charge in [0.25, 0.3) is 0 Å². The number of ether oxygens (including phenoxy) is 3. The zero-order valence-corrected chi connectivity index (χ0v) is 8.76. The molecule has 1 spiro atoms. The minimum absolute atomic E-state index is 0.404. The second-order valence-corrected chi connectivity index (χ2v) is 4.30. The summed E-state index contributed by atoms with van der Waals surface area (Å²) in [5.74, 6) is -0.0156.